The van der Waals surface area contributed by atoms with E-state index in [0.29, 0.717) is 0 Å². The fourth-order valence-corrected chi connectivity index (χ4v) is 1.53. The Kier molecular flexibility index (Phi) is 2.42. The molecule has 1 aromatic carbocycles. The van der Waals surface area contributed by atoms with Gasteiger partial charge in [-0.3, -0.25) is 4.98 Å². The Bertz CT molecular complexity index is 480. The molecule has 0 amide bonds. The van der Waals surface area contributed by atoms with Crippen molar-refractivity contribution in [2.45, 2.75) is 12.5 Å². The number of nitrogens with two attached hydrogens (primary N) is 1. The van der Waals surface area contributed by atoms with Crippen LogP contribution in [0.2, 0.25) is 0 Å². The van der Waals surface area contributed by atoms with Crippen molar-refractivity contribution in [3.8, 4) is 0 Å². The summed E-state index contributed by atoms with van der Waals surface area (Å²) in [6.07, 6.45) is 1.75. The van der Waals surface area contributed by atoms with Gasteiger partial charge in [0.25, 0.3) is 0 Å². The number of fused-ring (bicyclic) bond motifs is 1. The quantitative estimate of drug-likeness (QED) is 0.774. The summed E-state index contributed by atoms with van der Waals surface area (Å²) in [5, 5.41) is 11.0. The van der Waals surface area contributed by atoms with Crippen LogP contribution in [0.5, 0.6) is 0 Å². The third-order valence-corrected chi connectivity index (χ3v) is 2.62. The molecular formula is C12H14N2O. The van der Waals surface area contributed by atoms with E-state index in [0.717, 1.165) is 16.5 Å². The van der Waals surface area contributed by atoms with E-state index < -0.39 is 5.60 Å². The first-order valence-electron chi connectivity index (χ1n) is 4.91. The maximum Gasteiger partial charge on any atom is 0.0990 e. The van der Waals surface area contributed by atoms with Gasteiger partial charge in [-0.2, -0.15) is 0 Å². The van der Waals surface area contributed by atoms with Gasteiger partial charge in [0.05, 0.1) is 11.1 Å². The maximum atomic E-state index is 10.0. The highest BCUT2D eigenvalue weighted by molar-refractivity contribution is 5.79. The largest absolute Gasteiger partial charge is 0.384 e. The van der Waals surface area contributed by atoms with Gasteiger partial charge in [-0.15, -0.1) is 0 Å². The van der Waals surface area contributed by atoms with Crippen LogP contribution in [0.1, 0.15) is 12.5 Å². The van der Waals surface area contributed by atoms with Crippen molar-refractivity contribution in [3.63, 3.8) is 0 Å². The molecule has 2 aromatic rings. The first kappa shape index (κ1) is 10.1. The molecule has 0 fully saturated rings. The number of rotatable bonds is 2. The molecule has 3 N–H and O–H groups in total. The van der Waals surface area contributed by atoms with Gasteiger partial charge in [-0.05, 0) is 30.7 Å². The number of pyridine rings is 1. The molecule has 0 aliphatic rings. The molecule has 0 radical (unpaired) electrons. The van der Waals surface area contributed by atoms with Crippen molar-refractivity contribution >= 4 is 10.9 Å². The average molecular weight is 202 g/mol. The minimum Gasteiger partial charge on any atom is -0.384 e. The molecule has 2 rings (SSSR count). The van der Waals surface area contributed by atoms with E-state index in [1.807, 2.05) is 30.3 Å². The standard InChI is InChI=1S/C12H14N2O/c1-12(15,8-13)10-4-5-11-9(7-10)3-2-6-14-11/h2-7,15H,8,13H2,1H3. The molecule has 0 spiro atoms. The average Bonchev–Trinajstić information content (AvgIpc) is 2.28. The first-order chi connectivity index (χ1) is 7.13. The number of nitrogens with zero attached hydrogens (tertiary/aromatic N) is 1. The molecule has 1 unspecified atom stereocenters. The fraction of sp³-hybridized carbons (Fsp3) is 0.250. The fourth-order valence-electron chi connectivity index (χ4n) is 1.53. The lowest BCUT2D eigenvalue weighted by Crippen LogP contribution is -2.31. The molecule has 15 heavy (non-hydrogen) atoms. The van der Waals surface area contributed by atoms with Crippen molar-refractivity contribution in [1.29, 1.82) is 0 Å². The van der Waals surface area contributed by atoms with Crippen LogP contribution in [-0.2, 0) is 5.60 Å². The Morgan fingerprint density at radius 1 is 1.40 bits per heavy atom. The van der Waals surface area contributed by atoms with Crippen LogP contribution >= 0.6 is 0 Å². The summed E-state index contributed by atoms with van der Waals surface area (Å²) in [4.78, 5) is 4.22. The van der Waals surface area contributed by atoms with Crippen LogP contribution in [0.25, 0.3) is 10.9 Å². The van der Waals surface area contributed by atoms with Gasteiger partial charge in [0.2, 0.25) is 0 Å². The Labute approximate surface area is 88.6 Å². The van der Waals surface area contributed by atoms with E-state index in [-0.39, 0.29) is 6.54 Å². The van der Waals surface area contributed by atoms with Gasteiger partial charge in [0.15, 0.2) is 0 Å². The molecular weight excluding hydrogens is 188 g/mol. The summed E-state index contributed by atoms with van der Waals surface area (Å²) >= 11 is 0. The van der Waals surface area contributed by atoms with Crippen molar-refractivity contribution in [2.24, 2.45) is 5.73 Å². The molecule has 1 aromatic heterocycles. The summed E-state index contributed by atoms with van der Waals surface area (Å²) in [5.41, 5.74) is 6.30. The number of hydrogen-bond donors (Lipinski definition) is 2. The molecule has 1 atom stereocenters. The zero-order valence-corrected chi connectivity index (χ0v) is 8.64. The lowest BCUT2D eigenvalue weighted by atomic mass is 9.95. The second-order valence-electron chi connectivity index (χ2n) is 3.89. The van der Waals surface area contributed by atoms with Gasteiger partial charge in [-0.1, -0.05) is 12.1 Å². The van der Waals surface area contributed by atoms with Gasteiger partial charge in [-0.25, -0.2) is 0 Å². The minimum atomic E-state index is -0.968. The lowest BCUT2D eigenvalue weighted by molar-refractivity contribution is 0.0670. The van der Waals surface area contributed by atoms with E-state index in [1.165, 1.54) is 0 Å². The van der Waals surface area contributed by atoms with E-state index >= 15 is 0 Å². The molecule has 0 aliphatic heterocycles. The Hall–Kier alpha value is -1.45. The molecule has 78 valence electrons. The van der Waals surface area contributed by atoms with Gasteiger partial charge < -0.3 is 10.8 Å². The Morgan fingerprint density at radius 2 is 2.20 bits per heavy atom. The van der Waals surface area contributed by atoms with E-state index in [4.69, 9.17) is 5.73 Å². The third-order valence-electron chi connectivity index (χ3n) is 2.62. The summed E-state index contributed by atoms with van der Waals surface area (Å²) < 4.78 is 0. The predicted molar refractivity (Wildman–Crippen MR) is 60.4 cm³/mol. The van der Waals surface area contributed by atoms with Crippen molar-refractivity contribution < 1.29 is 5.11 Å². The van der Waals surface area contributed by atoms with E-state index in [1.54, 1.807) is 13.1 Å². The zero-order valence-electron chi connectivity index (χ0n) is 8.64. The first-order valence-corrected chi connectivity index (χ1v) is 4.91. The molecule has 0 saturated heterocycles. The van der Waals surface area contributed by atoms with Gasteiger partial charge in [0.1, 0.15) is 0 Å². The Balaban J connectivity index is 2.56. The van der Waals surface area contributed by atoms with E-state index in [9.17, 15) is 5.11 Å². The van der Waals surface area contributed by atoms with Crippen LogP contribution in [-0.4, -0.2) is 16.6 Å². The van der Waals surface area contributed by atoms with Gasteiger partial charge in [0, 0.05) is 18.1 Å². The summed E-state index contributed by atoms with van der Waals surface area (Å²) in [6.45, 7) is 1.92. The normalized spacial score (nSPS) is 15.1. The van der Waals surface area contributed by atoms with Crippen molar-refractivity contribution in [1.82, 2.24) is 4.98 Å². The minimum absolute atomic E-state index is 0.207. The van der Waals surface area contributed by atoms with Crippen LogP contribution in [0, 0.1) is 0 Å². The zero-order chi connectivity index (χ0) is 10.9. The predicted octanol–water partition coefficient (Wildman–Crippen LogP) is 1.40. The number of benzene rings is 1. The lowest BCUT2D eigenvalue weighted by Gasteiger charge is -2.21. The highest BCUT2D eigenvalue weighted by atomic mass is 16.3. The molecule has 1 heterocycles. The number of aliphatic hydroxyl groups is 1. The van der Waals surface area contributed by atoms with Crippen LogP contribution in [0.4, 0.5) is 0 Å². The number of hydrogen-bond acceptors (Lipinski definition) is 3. The monoisotopic (exact) mass is 202 g/mol. The molecule has 0 bridgehead atoms. The molecule has 0 aliphatic carbocycles. The second-order valence-corrected chi connectivity index (χ2v) is 3.89. The second kappa shape index (κ2) is 3.61. The third kappa shape index (κ3) is 1.84. The molecule has 0 saturated carbocycles. The Morgan fingerprint density at radius 3 is 2.93 bits per heavy atom. The van der Waals surface area contributed by atoms with E-state index in [2.05, 4.69) is 4.98 Å². The molecule has 3 nitrogen and oxygen atoms in total. The highest BCUT2D eigenvalue weighted by Gasteiger charge is 2.20. The van der Waals surface area contributed by atoms with Crippen LogP contribution in [0.3, 0.4) is 0 Å². The van der Waals surface area contributed by atoms with Crippen molar-refractivity contribution in [2.75, 3.05) is 6.54 Å². The smallest absolute Gasteiger partial charge is 0.0990 e. The molecule has 3 heteroatoms. The number of aromatic nitrogens is 1. The van der Waals surface area contributed by atoms with Crippen molar-refractivity contribution in [3.05, 3.63) is 42.1 Å². The SMILES string of the molecule is CC(O)(CN)c1ccc2ncccc2c1. The van der Waals surface area contributed by atoms with Crippen LogP contribution in [0.15, 0.2) is 36.5 Å². The van der Waals surface area contributed by atoms with Crippen LogP contribution < -0.4 is 5.73 Å². The topological polar surface area (TPSA) is 59.1 Å². The maximum absolute atomic E-state index is 10.0. The van der Waals surface area contributed by atoms with Gasteiger partial charge >= 0.3 is 0 Å². The summed E-state index contributed by atoms with van der Waals surface area (Å²) in [6, 6.07) is 9.54. The summed E-state index contributed by atoms with van der Waals surface area (Å²) in [7, 11) is 0. The summed E-state index contributed by atoms with van der Waals surface area (Å²) in [5.74, 6) is 0. The highest BCUT2D eigenvalue weighted by Crippen LogP contribution is 2.22.